The maximum Gasteiger partial charge on any atom is 0.228 e. The van der Waals surface area contributed by atoms with Gasteiger partial charge in [0.25, 0.3) is 0 Å². The molecular weight excluding hydrogens is 322 g/mol. The number of nitrogens with zero attached hydrogens (tertiary/aromatic N) is 3. The van der Waals surface area contributed by atoms with Crippen molar-refractivity contribution in [3.05, 3.63) is 16.1 Å². The monoisotopic (exact) mass is 347 g/mol. The number of hydrogen-bond acceptors (Lipinski definition) is 4. The first kappa shape index (κ1) is 16.1. The summed E-state index contributed by atoms with van der Waals surface area (Å²) < 4.78 is 0. The second kappa shape index (κ2) is 6.47. The van der Waals surface area contributed by atoms with E-state index in [1.807, 2.05) is 9.80 Å². The zero-order chi connectivity index (χ0) is 16.7. The van der Waals surface area contributed by atoms with E-state index in [1.165, 1.54) is 5.01 Å². The van der Waals surface area contributed by atoms with Gasteiger partial charge in [-0.1, -0.05) is 6.92 Å². The van der Waals surface area contributed by atoms with E-state index in [-0.39, 0.29) is 17.7 Å². The number of aromatic nitrogens is 1. The van der Waals surface area contributed by atoms with Crippen LogP contribution in [0, 0.1) is 5.92 Å². The minimum absolute atomic E-state index is 0.126. The Kier molecular flexibility index (Phi) is 4.33. The van der Waals surface area contributed by atoms with Gasteiger partial charge in [0.2, 0.25) is 11.8 Å². The van der Waals surface area contributed by atoms with Gasteiger partial charge in [0.05, 0.1) is 16.6 Å². The highest BCUT2D eigenvalue weighted by Crippen LogP contribution is 2.35. The van der Waals surface area contributed by atoms with E-state index in [0.717, 1.165) is 50.9 Å². The standard InChI is InChI=1S/C18H25N3O2S/c1-2-14-11-24-17(19-14)12-4-3-7-20(9-12)18(23)13-8-16(22)21(10-13)15-5-6-15/h11-13,15H,2-10H2,1H3/t12-,13+/m0/s1. The van der Waals surface area contributed by atoms with Crippen LogP contribution in [0.5, 0.6) is 0 Å². The minimum atomic E-state index is -0.126. The highest BCUT2D eigenvalue weighted by atomic mass is 32.1. The molecule has 5 nitrogen and oxygen atoms in total. The molecule has 1 aromatic rings. The van der Waals surface area contributed by atoms with Gasteiger partial charge in [0.15, 0.2) is 0 Å². The Hall–Kier alpha value is -1.43. The second-order valence-electron chi connectivity index (χ2n) is 7.33. The molecule has 6 heteroatoms. The van der Waals surface area contributed by atoms with E-state index in [2.05, 4.69) is 12.3 Å². The fourth-order valence-corrected chi connectivity index (χ4v) is 4.98. The van der Waals surface area contributed by atoms with E-state index in [9.17, 15) is 9.59 Å². The highest BCUT2D eigenvalue weighted by Gasteiger charge is 2.43. The predicted molar refractivity (Wildman–Crippen MR) is 92.9 cm³/mol. The lowest BCUT2D eigenvalue weighted by molar-refractivity contribution is -0.137. The van der Waals surface area contributed by atoms with E-state index < -0.39 is 0 Å². The van der Waals surface area contributed by atoms with Crippen molar-refractivity contribution in [2.24, 2.45) is 5.92 Å². The summed E-state index contributed by atoms with van der Waals surface area (Å²) in [7, 11) is 0. The summed E-state index contributed by atoms with van der Waals surface area (Å²) in [6.45, 7) is 4.36. The van der Waals surface area contributed by atoms with Gasteiger partial charge in [-0.25, -0.2) is 4.98 Å². The molecule has 0 spiro atoms. The molecule has 0 aromatic carbocycles. The summed E-state index contributed by atoms with van der Waals surface area (Å²) in [4.78, 5) is 33.7. The molecule has 3 fully saturated rings. The fourth-order valence-electron chi connectivity index (χ4n) is 3.95. The Bertz CT molecular complexity index is 640. The lowest BCUT2D eigenvalue weighted by atomic mass is 9.96. The minimum Gasteiger partial charge on any atom is -0.342 e. The summed E-state index contributed by atoms with van der Waals surface area (Å²) in [5, 5.41) is 3.31. The van der Waals surface area contributed by atoms with Gasteiger partial charge in [-0.2, -0.15) is 0 Å². The Morgan fingerprint density at radius 1 is 1.33 bits per heavy atom. The Labute approximate surface area is 147 Å². The van der Waals surface area contributed by atoms with Crippen LogP contribution in [-0.4, -0.2) is 52.3 Å². The average molecular weight is 347 g/mol. The van der Waals surface area contributed by atoms with Gasteiger partial charge < -0.3 is 9.80 Å². The number of carbonyl (C=O) groups is 2. The third-order valence-corrected chi connectivity index (χ3v) is 6.57. The summed E-state index contributed by atoms with van der Waals surface area (Å²) >= 11 is 1.73. The SMILES string of the molecule is CCc1csc([C@H]2CCCN(C(=O)[C@@H]3CC(=O)N(C4CC4)C3)C2)n1. The first-order chi connectivity index (χ1) is 11.7. The molecule has 1 saturated carbocycles. The van der Waals surface area contributed by atoms with E-state index in [0.29, 0.717) is 24.9 Å². The van der Waals surface area contributed by atoms with Gasteiger partial charge in [0, 0.05) is 43.4 Å². The fraction of sp³-hybridized carbons (Fsp3) is 0.722. The van der Waals surface area contributed by atoms with Crippen molar-refractivity contribution in [3.63, 3.8) is 0 Å². The molecule has 2 saturated heterocycles. The van der Waals surface area contributed by atoms with Crippen molar-refractivity contribution in [2.45, 2.75) is 57.4 Å². The van der Waals surface area contributed by atoms with E-state index in [1.54, 1.807) is 11.3 Å². The number of thiazole rings is 1. The summed E-state index contributed by atoms with van der Waals surface area (Å²) in [5.74, 6) is 0.601. The van der Waals surface area contributed by atoms with Crippen molar-refractivity contribution in [1.82, 2.24) is 14.8 Å². The van der Waals surface area contributed by atoms with Crippen LogP contribution in [0.2, 0.25) is 0 Å². The molecule has 0 N–H and O–H groups in total. The number of aryl methyl sites for hydroxylation is 1. The molecular formula is C18H25N3O2S. The molecule has 130 valence electrons. The maximum absolute atomic E-state index is 12.9. The Morgan fingerprint density at radius 3 is 2.88 bits per heavy atom. The number of hydrogen-bond donors (Lipinski definition) is 0. The molecule has 3 heterocycles. The average Bonchev–Trinajstić information content (AvgIpc) is 3.19. The number of amides is 2. The number of rotatable bonds is 4. The second-order valence-corrected chi connectivity index (χ2v) is 8.22. The van der Waals surface area contributed by atoms with Gasteiger partial charge in [-0.3, -0.25) is 9.59 Å². The predicted octanol–water partition coefficient (Wildman–Crippen LogP) is 2.42. The lowest BCUT2D eigenvalue weighted by Gasteiger charge is -2.33. The summed E-state index contributed by atoms with van der Waals surface area (Å²) in [5.41, 5.74) is 1.15. The maximum atomic E-state index is 12.9. The molecule has 0 bridgehead atoms. The Morgan fingerprint density at radius 2 is 2.17 bits per heavy atom. The van der Waals surface area contributed by atoms with Crippen LogP contribution in [0.15, 0.2) is 5.38 Å². The zero-order valence-electron chi connectivity index (χ0n) is 14.2. The van der Waals surface area contributed by atoms with Crippen LogP contribution in [0.25, 0.3) is 0 Å². The first-order valence-corrected chi connectivity index (χ1v) is 10.1. The van der Waals surface area contributed by atoms with Crippen molar-refractivity contribution in [1.29, 1.82) is 0 Å². The third-order valence-electron chi connectivity index (χ3n) is 5.51. The molecule has 4 rings (SSSR count). The van der Waals surface area contributed by atoms with Crippen LogP contribution in [0.4, 0.5) is 0 Å². The number of carbonyl (C=O) groups excluding carboxylic acids is 2. The molecule has 2 atom stereocenters. The summed E-state index contributed by atoms with van der Waals surface area (Å²) in [6.07, 6.45) is 5.74. The van der Waals surface area contributed by atoms with Gasteiger partial charge >= 0.3 is 0 Å². The molecule has 1 aliphatic carbocycles. The molecule has 1 aromatic heterocycles. The summed E-state index contributed by atoms with van der Waals surface area (Å²) in [6, 6.07) is 0.423. The first-order valence-electron chi connectivity index (χ1n) is 9.18. The molecule has 0 radical (unpaired) electrons. The quantitative estimate of drug-likeness (QED) is 0.840. The lowest BCUT2D eigenvalue weighted by Crippen LogP contribution is -2.43. The van der Waals surface area contributed by atoms with Crippen molar-refractivity contribution in [2.75, 3.05) is 19.6 Å². The topological polar surface area (TPSA) is 53.5 Å². The van der Waals surface area contributed by atoms with Gasteiger partial charge in [-0.15, -0.1) is 11.3 Å². The van der Waals surface area contributed by atoms with Crippen LogP contribution in [0.3, 0.4) is 0 Å². The van der Waals surface area contributed by atoms with Gasteiger partial charge in [-0.05, 0) is 32.1 Å². The molecule has 2 amide bonds. The third kappa shape index (κ3) is 3.08. The molecule has 2 aliphatic heterocycles. The normalized spacial score (nSPS) is 27.8. The molecule has 3 aliphatic rings. The zero-order valence-corrected chi connectivity index (χ0v) is 15.1. The van der Waals surface area contributed by atoms with Crippen LogP contribution in [0.1, 0.15) is 55.6 Å². The highest BCUT2D eigenvalue weighted by molar-refractivity contribution is 7.09. The Balaban J connectivity index is 1.40. The van der Waals surface area contributed by atoms with E-state index in [4.69, 9.17) is 4.98 Å². The van der Waals surface area contributed by atoms with Crippen molar-refractivity contribution in [3.8, 4) is 0 Å². The molecule has 0 unspecified atom stereocenters. The van der Waals surface area contributed by atoms with E-state index >= 15 is 0 Å². The number of likely N-dealkylation sites (tertiary alicyclic amines) is 2. The molecule has 24 heavy (non-hydrogen) atoms. The largest absolute Gasteiger partial charge is 0.342 e. The van der Waals surface area contributed by atoms with Gasteiger partial charge in [0.1, 0.15) is 0 Å². The van der Waals surface area contributed by atoms with Crippen LogP contribution < -0.4 is 0 Å². The van der Waals surface area contributed by atoms with Crippen LogP contribution >= 0.6 is 11.3 Å². The van der Waals surface area contributed by atoms with Crippen LogP contribution in [-0.2, 0) is 16.0 Å². The van der Waals surface area contributed by atoms with Crippen molar-refractivity contribution >= 4 is 23.2 Å². The van der Waals surface area contributed by atoms with Crippen molar-refractivity contribution < 1.29 is 9.59 Å². The smallest absolute Gasteiger partial charge is 0.228 e. The number of piperidine rings is 1.